The van der Waals surface area contributed by atoms with Crippen LogP contribution < -0.4 is 20.4 Å². The quantitative estimate of drug-likeness (QED) is 0.0544. The van der Waals surface area contributed by atoms with Gasteiger partial charge in [0.1, 0.15) is 0 Å². The van der Waals surface area contributed by atoms with E-state index in [1.54, 1.807) is 0 Å². The summed E-state index contributed by atoms with van der Waals surface area (Å²) in [6.45, 7) is 9.11. The molecule has 0 bridgehead atoms. The van der Waals surface area contributed by atoms with Crippen LogP contribution in [0.1, 0.15) is 516 Å². The molecule has 0 aliphatic carbocycles. The van der Waals surface area contributed by atoms with Gasteiger partial charge in [-0.25, -0.2) is 0 Å². The SMILES string of the molecule is CCCCCCCCCCCCCCCCCCCCC(=O)[O-].CCCCCCCCCCCCCCCCCCCCC(=O)[O-].CCCCCCCCCCCCCCCCCCCCC(=O)[O-].CCCCCCCCCCCCCCCCCCCCC(=O)[O-].[Zr+4]. The number of carbonyl (C=O) groups is 4. The van der Waals surface area contributed by atoms with Gasteiger partial charge >= 0.3 is 26.2 Å². The first-order chi connectivity index (χ1) is 45.1. The van der Waals surface area contributed by atoms with Gasteiger partial charge in [-0.2, -0.15) is 0 Å². The van der Waals surface area contributed by atoms with Crippen molar-refractivity contribution in [3.05, 3.63) is 0 Å². The van der Waals surface area contributed by atoms with Crippen molar-refractivity contribution in [3.63, 3.8) is 0 Å². The fraction of sp³-hybridized carbons (Fsp3) is 0.952. The summed E-state index contributed by atoms with van der Waals surface area (Å²) in [4.78, 5) is 41.0. The summed E-state index contributed by atoms with van der Waals surface area (Å²) in [5, 5.41) is 41.0. The van der Waals surface area contributed by atoms with E-state index in [4.69, 9.17) is 0 Å². The molecule has 552 valence electrons. The first-order valence-electron chi connectivity index (χ1n) is 41.9. The Hall–Kier alpha value is -1.24. The Morgan fingerprint density at radius 1 is 0.140 bits per heavy atom. The van der Waals surface area contributed by atoms with E-state index < -0.39 is 23.9 Å². The van der Waals surface area contributed by atoms with Crippen molar-refractivity contribution >= 4 is 23.9 Å². The molecule has 8 nitrogen and oxygen atoms in total. The van der Waals surface area contributed by atoms with Gasteiger partial charge in [-0.3, -0.25) is 0 Å². The molecule has 0 aromatic carbocycles. The minimum Gasteiger partial charge on any atom is -0.550 e. The number of unbranched alkanes of at least 4 members (excludes halogenated alkanes) is 68. The monoisotopic (exact) mass is 1390 g/mol. The molecule has 0 aromatic rings. The molecule has 0 radical (unpaired) electrons. The van der Waals surface area contributed by atoms with Crippen molar-refractivity contribution in [2.24, 2.45) is 0 Å². The zero-order valence-corrected chi connectivity index (χ0v) is 66.0. The molecule has 0 unspecified atom stereocenters. The number of carboxylic acids is 4. The van der Waals surface area contributed by atoms with Crippen LogP contribution in [0.2, 0.25) is 0 Å². The van der Waals surface area contributed by atoms with Crippen LogP contribution in [0.15, 0.2) is 0 Å². The molecule has 0 atom stereocenters. The van der Waals surface area contributed by atoms with Gasteiger partial charge in [0.25, 0.3) is 0 Å². The first kappa shape index (κ1) is 100. The minimum absolute atomic E-state index is 0. The van der Waals surface area contributed by atoms with E-state index in [1.807, 2.05) is 0 Å². The van der Waals surface area contributed by atoms with E-state index in [0.717, 1.165) is 51.4 Å². The zero-order valence-electron chi connectivity index (χ0n) is 63.5. The number of carboxylic acid groups (broad SMARTS) is 4. The predicted molar refractivity (Wildman–Crippen MR) is 394 cm³/mol. The number of aliphatic carboxylic acids is 4. The Balaban J connectivity index is -0.000000369. The van der Waals surface area contributed by atoms with E-state index >= 15 is 0 Å². The average molecular weight is 1390 g/mol. The molecule has 0 fully saturated rings. The third kappa shape index (κ3) is 115. The molecular formula is C84H164O8Zr. The molecule has 0 heterocycles. The maximum Gasteiger partial charge on any atom is 4.00 e. The van der Waals surface area contributed by atoms with Crippen LogP contribution in [0.3, 0.4) is 0 Å². The van der Waals surface area contributed by atoms with Gasteiger partial charge in [0.05, 0.1) is 0 Å². The van der Waals surface area contributed by atoms with Crippen molar-refractivity contribution in [3.8, 4) is 0 Å². The number of rotatable bonds is 76. The Bertz CT molecular complexity index is 1160. The van der Waals surface area contributed by atoms with E-state index in [9.17, 15) is 39.6 Å². The van der Waals surface area contributed by atoms with E-state index in [2.05, 4.69) is 27.7 Å². The topological polar surface area (TPSA) is 161 Å². The molecule has 0 spiro atoms. The van der Waals surface area contributed by atoms with E-state index in [0.29, 0.717) is 0 Å². The fourth-order valence-corrected chi connectivity index (χ4v) is 12.7. The number of carbonyl (C=O) groups excluding carboxylic acids is 4. The van der Waals surface area contributed by atoms with Gasteiger partial charge in [-0.15, -0.1) is 0 Å². The molecule has 0 aromatic heterocycles. The third-order valence-electron chi connectivity index (χ3n) is 18.9. The van der Waals surface area contributed by atoms with E-state index in [1.165, 1.54) is 411 Å². The van der Waals surface area contributed by atoms with Crippen molar-refractivity contribution < 1.29 is 65.8 Å². The molecule has 93 heavy (non-hydrogen) atoms. The van der Waals surface area contributed by atoms with Crippen LogP contribution in [0.5, 0.6) is 0 Å². The van der Waals surface area contributed by atoms with Gasteiger partial charge < -0.3 is 39.6 Å². The number of hydrogen-bond acceptors (Lipinski definition) is 8. The molecule has 0 aliphatic heterocycles. The summed E-state index contributed by atoms with van der Waals surface area (Å²) in [6.07, 6.45) is 97.1. The maximum absolute atomic E-state index is 10.3. The Labute approximate surface area is 601 Å². The summed E-state index contributed by atoms with van der Waals surface area (Å²) >= 11 is 0. The second-order valence-corrected chi connectivity index (χ2v) is 28.5. The van der Waals surface area contributed by atoms with Crippen LogP contribution in [0, 0.1) is 0 Å². The Morgan fingerprint density at radius 3 is 0.269 bits per heavy atom. The first-order valence-corrected chi connectivity index (χ1v) is 41.9. The van der Waals surface area contributed by atoms with Crippen molar-refractivity contribution in [1.29, 1.82) is 0 Å². The summed E-state index contributed by atoms with van der Waals surface area (Å²) in [6, 6.07) is 0. The van der Waals surface area contributed by atoms with E-state index in [-0.39, 0.29) is 51.9 Å². The summed E-state index contributed by atoms with van der Waals surface area (Å²) in [5.41, 5.74) is 0. The Kier molecular flexibility index (Phi) is 105. The van der Waals surface area contributed by atoms with Gasteiger partial charge in [0.2, 0.25) is 0 Å². The summed E-state index contributed by atoms with van der Waals surface area (Å²) in [5.74, 6) is -3.61. The second-order valence-electron chi connectivity index (χ2n) is 28.5. The number of hydrogen-bond donors (Lipinski definition) is 0. The molecular weight excluding hydrogens is 1230 g/mol. The standard InChI is InChI=1S/4C21H42O2.Zr/c4*1-2-3-4-5-6-7-8-9-10-11-12-13-14-15-16-17-18-19-20-21(22)23;/h4*2-20H2,1H3,(H,22,23);/q;;;;+4/p-4. The smallest absolute Gasteiger partial charge is 0.550 e. The van der Waals surface area contributed by atoms with Crippen LogP contribution in [0.4, 0.5) is 0 Å². The molecule has 0 saturated carbocycles. The van der Waals surface area contributed by atoms with Crippen molar-refractivity contribution in [2.75, 3.05) is 0 Å². The Morgan fingerprint density at radius 2 is 0.204 bits per heavy atom. The van der Waals surface area contributed by atoms with Gasteiger partial charge in [0.15, 0.2) is 0 Å². The summed E-state index contributed by atoms with van der Waals surface area (Å²) in [7, 11) is 0. The predicted octanol–water partition coefficient (Wildman–Crippen LogP) is 24.7. The maximum atomic E-state index is 10.3. The van der Waals surface area contributed by atoms with Crippen molar-refractivity contribution in [2.45, 2.75) is 516 Å². The minimum atomic E-state index is -0.901. The second kappa shape index (κ2) is 97.1. The summed E-state index contributed by atoms with van der Waals surface area (Å²) < 4.78 is 0. The van der Waals surface area contributed by atoms with Gasteiger partial charge in [0, 0.05) is 23.9 Å². The average Bonchev–Trinajstić information content (AvgIpc) is 3.54. The normalized spacial score (nSPS) is 10.9. The molecule has 0 N–H and O–H groups in total. The molecule has 0 amide bonds. The van der Waals surface area contributed by atoms with Crippen LogP contribution >= 0.6 is 0 Å². The molecule has 9 heteroatoms. The van der Waals surface area contributed by atoms with Crippen LogP contribution in [0.25, 0.3) is 0 Å². The largest absolute Gasteiger partial charge is 4.00 e. The molecule has 0 rings (SSSR count). The molecule has 0 saturated heterocycles. The van der Waals surface area contributed by atoms with Crippen LogP contribution in [-0.2, 0) is 45.4 Å². The van der Waals surface area contributed by atoms with Crippen molar-refractivity contribution in [1.82, 2.24) is 0 Å². The third-order valence-corrected chi connectivity index (χ3v) is 18.9. The van der Waals surface area contributed by atoms with Gasteiger partial charge in [-0.05, 0) is 51.4 Å². The fourth-order valence-electron chi connectivity index (χ4n) is 12.7. The molecule has 0 aliphatic rings. The van der Waals surface area contributed by atoms with Gasteiger partial charge in [-0.1, -0.05) is 464 Å². The van der Waals surface area contributed by atoms with Crippen LogP contribution in [-0.4, -0.2) is 23.9 Å². The zero-order chi connectivity index (χ0) is 68.0.